The number of hydrogen-bond donors (Lipinski definition) is 1. The van der Waals surface area contributed by atoms with E-state index >= 15 is 0 Å². The zero-order chi connectivity index (χ0) is 8.91. The van der Waals surface area contributed by atoms with E-state index < -0.39 is 6.10 Å². The molecule has 0 fully saturated rings. The maximum absolute atomic E-state index is 9.38. The van der Waals surface area contributed by atoms with E-state index in [2.05, 4.69) is 12.8 Å². The summed E-state index contributed by atoms with van der Waals surface area (Å²) < 4.78 is 0. The second-order valence-electron chi connectivity index (χ2n) is 3.66. The van der Waals surface area contributed by atoms with Crippen LogP contribution in [0.5, 0.6) is 0 Å². The molecule has 0 aliphatic rings. The summed E-state index contributed by atoms with van der Waals surface area (Å²) in [6.45, 7) is 6.15. The minimum atomic E-state index is -0.603. The minimum Gasteiger partial charge on any atom is -0.380 e. The molecule has 0 aromatic rings. The molecule has 0 aliphatic heterocycles. The van der Waals surface area contributed by atoms with Crippen LogP contribution >= 0.6 is 0 Å². The Hall–Kier alpha value is -0.480. The summed E-state index contributed by atoms with van der Waals surface area (Å²) in [7, 11) is 0. The maximum Gasteiger partial charge on any atom is 0.119 e. The van der Waals surface area contributed by atoms with Crippen LogP contribution in [0.1, 0.15) is 40.0 Å². The number of rotatable bonds is 4. The second kappa shape index (κ2) is 4.41. The van der Waals surface area contributed by atoms with Crippen LogP contribution in [0.3, 0.4) is 0 Å². The first-order valence-electron chi connectivity index (χ1n) is 4.18. The lowest BCUT2D eigenvalue weighted by Gasteiger charge is -2.26. The van der Waals surface area contributed by atoms with Gasteiger partial charge in [0.25, 0.3) is 0 Å². The number of terminal acetylenes is 1. The second-order valence-corrected chi connectivity index (χ2v) is 3.66. The summed E-state index contributed by atoms with van der Waals surface area (Å²) in [4.78, 5) is 0. The summed E-state index contributed by atoms with van der Waals surface area (Å²) in [5.41, 5.74) is -0.120. The van der Waals surface area contributed by atoms with Gasteiger partial charge in [-0.15, -0.1) is 6.42 Å². The molecule has 1 atom stereocenters. The molecule has 0 heterocycles. The van der Waals surface area contributed by atoms with E-state index in [1.54, 1.807) is 0 Å². The standard InChI is InChI=1S/C10H18O/c1-5-7-8-10(3,4)9(11)6-2/h2,9,11H,5,7-8H2,1,3-4H3. The van der Waals surface area contributed by atoms with E-state index in [-0.39, 0.29) is 5.41 Å². The lowest BCUT2D eigenvalue weighted by atomic mass is 9.82. The zero-order valence-corrected chi connectivity index (χ0v) is 7.72. The molecule has 0 radical (unpaired) electrons. The van der Waals surface area contributed by atoms with E-state index in [1.165, 1.54) is 0 Å². The van der Waals surface area contributed by atoms with Crippen molar-refractivity contribution in [2.45, 2.75) is 46.1 Å². The number of hydrogen-bond acceptors (Lipinski definition) is 1. The first-order chi connectivity index (χ1) is 5.04. The lowest BCUT2D eigenvalue weighted by Crippen LogP contribution is -2.27. The summed E-state index contributed by atoms with van der Waals surface area (Å²) >= 11 is 0. The quantitative estimate of drug-likeness (QED) is 0.615. The van der Waals surface area contributed by atoms with Crippen molar-refractivity contribution >= 4 is 0 Å². The predicted octanol–water partition coefficient (Wildman–Crippen LogP) is 2.20. The Morgan fingerprint density at radius 3 is 2.45 bits per heavy atom. The predicted molar refractivity (Wildman–Crippen MR) is 48.1 cm³/mol. The van der Waals surface area contributed by atoms with E-state index in [9.17, 15) is 5.11 Å². The fraction of sp³-hybridized carbons (Fsp3) is 0.800. The summed E-state index contributed by atoms with van der Waals surface area (Å²) in [5, 5.41) is 9.38. The first kappa shape index (κ1) is 10.5. The van der Waals surface area contributed by atoms with Crippen molar-refractivity contribution < 1.29 is 5.11 Å². The topological polar surface area (TPSA) is 20.2 Å². The first-order valence-corrected chi connectivity index (χ1v) is 4.18. The van der Waals surface area contributed by atoms with Crippen molar-refractivity contribution in [3.05, 3.63) is 0 Å². The average molecular weight is 154 g/mol. The van der Waals surface area contributed by atoms with Crippen LogP contribution in [0.2, 0.25) is 0 Å². The highest BCUT2D eigenvalue weighted by atomic mass is 16.3. The molecule has 0 spiro atoms. The molecule has 0 aliphatic carbocycles. The highest BCUT2D eigenvalue weighted by Crippen LogP contribution is 2.26. The van der Waals surface area contributed by atoms with E-state index in [0.717, 1.165) is 19.3 Å². The van der Waals surface area contributed by atoms with E-state index in [1.807, 2.05) is 13.8 Å². The van der Waals surface area contributed by atoms with Gasteiger partial charge < -0.3 is 5.11 Å². The minimum absolute atomic E-state index is 0.120. The Morgan fingerprint density at radius 2 is 2.09 bits per heavy atom. The Bertz CT molecular complexity index is 141. The van der Waals surface area contributed by atoms with Crippen molar-refractivity contribution in [3.63, 3.8) is 0 Å². The molecule has 0 amide bonds. The van der Waals surface area contributed by atoms with Crippen LogP contribution in [-0.4, -0.2) is 11.2 Å². The van der Waals surface area contributed by atoms with Crippen molar-refractivity contribution in [3.8, 4) is 12.3 Å². The molecular weight excluding hydrogens is 136 g/mol. The van der Waals surface area contributed by atoms with Gasteiger partial charge in [0.05, 0.1) is 0 Å². The van der Waals surface area contributed by atoms with Gasteiger partial charge in [-0.05, 0) is 6.42 Å². The number of unbranched alkanes of at least 4 members (excludes halogenated alkanes) is 1. The number of aliphatic hydroxyl groups excluding tert-OH is 1. The van der Waals surface area contributed by atoms with Gasteiger partial charge in [-0.2, -0.15) is 0 Å². The van der Waals surface area contributed by atoms with Crippen molar-refractivity contribution in [2.24, 2.45) is 5.41 Å². The summed E-state index contributed by atoms with van der Waals surface area (Å²) in [6, 6.07) is 0. The summed E-state index contributed by atoms with van der Waals surface area (Å²) in [6.07, 6.45) is 7.81. The Morgan fingerprint density at radius 1 is 1.55 bits per heavy atom. The van der Waals surface area contributed by atoms with Gasteiger partial charge in [0.2, 0.25) is 0 Å². The molecule has 1 N–H and O–H groups in total. The van der Waals surface area contributed by atoms with Crippen LogP contribution < -0.4 is 0 Å². The molecule has 1 unspecified atom stereocenters. The zero-order valence-electron chi connectivity index (χ0n) is 7.72. The third-order valence-electron chi connectivity index (χ3n) is 2.07. The molecule has 0 saturated heterocycles. The van der Waals surface area contributed by atoms with Crippen LogP contribution in [0, 0.1) is 17.8 Å². The Kier molecular flexibility index (Phi) is 4.22. The van der Waals surface area contributed by atoms with Gasteiger partial charge in [0.15, 0.2) is 0 Å². The van der Waals surface area contributed by atoms with E-state index in [4.69, 9.17) is 6.42 Å². The highest BCUT2D eigenvalue weighted by molar-refractivity contribution is 5.00. The molecule has 0 bridgehead atoms. The average Bonchev–Trinajstić information content (AvgIpc) is 1.99. The molecule has 0 aromatic carbocycles. The third-order valence-corrected chi connectivity index (χ3v) is 2.07. The van der Waals surface area contributed by atoms with Gasteiger partial charge in [0, 0.05) is 5.41 Å². The van der Waals surface area contributed by atoms with Crippen molar-refractivity contribution in [1.82, 2.24) is 0 Å². The molecule has 0 aromatic heterocycles. The van der Waals surface area contributed by atoms with Gasteiger partial charge >= 0.3 is 0 Å². The molecule has 11 heavy (non-hydrogen) atoms. The van der Waals surface area contributed by atoms with Crippen LogP contribution in [0.25, 0.3) is 0 Å². The molecule has 1 heteroatoms. The number of aliphatic hydroxyl groups is 1. The van der Waals surface area contributed by atoms with Crippen molar-refractivity contribution in [1.29, 1.82) is 0 Å². The van der Waals surface area contributed by atoms with E-state index in [0.29, 0.717) is 0 Å². The lowest BCUT2D eigenvalue weighted by molar-refractivity contribution is 0.0895. The fourth-order valence-corrected chi connectivity index (χ4v) is 0.995. The molecule has 64 valence electrons. The van der Waals surface area contributed by atoms with Crippen molar-refractivity contribution in [2.75, 3.05) is 0 Å². The van der Waals surface area contributed by atoms with Crippen LogP contribution in [0.4, 0.5) is 0 Å². The van der Waals surface area contributed by atoms with Crippen LogP contribution in [-0.2, 0) is 0 Å². The summed E-state index contributed by atoms with van der Waals surface area (Å²) in [5.74, 6) is 2.37. The van der Waals surface area contributed by atoms with Gasteiger partial charge in [0.1, 0.15) is 6.10 Å². The SMILES string of the molecule is C#CC(O)C(C)(C)CCCC. The molecular formula is C10H18O. The van der Waals surface area contributed by atoms with Crippen LogP contribution in [0.15, 0.2) is 0 Å². The normalized spacial score (nSPS) is 14.1. The monoisotopic (exact) mass is 154 g/mol. The largest absolute Gasteiger partial charge is 0.380 e. The molecule has 0 saturated carbocycles. The van der Waals surface area contributed by atoms with Gasteiger partial charge in [-0.3, -0.25) is 0 Å². The van der Waals surface area contributed by atoms with Gasteiger partial charge in [-0.1, -0.05) is 39.5 Å². The molecule has 1 nitrogen and oxygen atoms in total. The third kappa shape index (κ3) is 3.43. The smallest absolute Gasteiger partial charge is 0.119 e. The molecule has 0 rings (SSSR count). The Labute approximate surface area is 69.8 Å². The van der Waals surface area contributed by atoms with Gasteiger partial charge in [-0.25, -0.2) is 0 Å². The maximum atomic E-state index is 9.38. The fourth-order valence-electron chi connectivity index (χ4n) is 0.995. The highest BCUT2D eigenvalue weighted by Gasteiger charge is 2.24. The Balaban J connectivity index is 3.90.